The molecule has 18 heavy (non-hydrogen) atoms. The molecular weight excluding hydrogens is 248 g/mol. The lowest BCUT2D eigenvalue weighted by Gasteiger charge is -2.27. The molecule has 0 fully saturated rings. The highest BCUT2D eigenvalue weighted by Crippen LogP contribution is 2.19. The van der Waals surface area contributed by atoms with E-state index in [0.29, 0.717) is 0 Å². The maximum absolute atomic E-state index is 11.7. The van der Waals surface area contributed by atoms with Gasteiger partial charge in [0, 0.05) is 6.42 Å². The summed E-state index contributed by atoms with van der Waals surface area (Å²) in [5.74, 6) is -1.67. The summed E-state index contributed by atoms with van der Waals surface area (Å²) in [4.78, 5) is 22.4. The fourth-order valence-corrected chi connectivity index (χ4v) is 1.22. The van der Waals surface area contributed by atoms with Crippen LogP contribution in [0.5, 0.6) is 0 Å². The number of carbonyl (C=O) groups excluding carboxylic acids is 1. The molecule has 1 unspecified atom stereocenters. The summed E-state index contributed by atoms with van der Waals surface area (Å²) in [6.07, 6.45) is -2.72. The van der Waals surface area contributed by atoms with E-state index in [1.165, 1.54) is 0 Å². The highest BCUT2D eigenvalue weighted by Gasteiger charge is 2.32. The summed E-state index contributed by atoms with van der Waals surface area (Å²) in [5.41, 5.74) is -0.634. The zero-order chi connectivity index (χ0) is 14.3. The molecule has 1 atom stereocenters. The van der Waals surface area contributed by atoms with Gasteiger partial charge in [0.2, 0.25) is 5.91 Å². The van der Waals surface area contributed by atoms with Gasteiger partial charge in [0.25, 0.3) is 6.43 Å². The lowest BCUT2D eigenvalue weighted by molar-refractivity contribution is -0.145. The number of carboxylic acid groups (broad SMARTS) is 1. The molecule has 0 spiro atoms. The number of hydrogen-bond donors (Lipinski definition) is 2. The van der Waals surface area contributed by atoms with Gasteiger partial charge in [-0.15, -0.1) is 0 Å². The first kappa shape index (κ1) is 16.8. The van der Waals surface area contributed by atoms with E-state index in [4.69, 9.17) is 5.11 Å². The second-order valence-corrected chi connectivity index (χ2v) is 4.92. The van der Waals surface area contributed by atoms with Crippen LogP contribution in [0, 0.1) is 5.41 Å². The Morgan fingerprint density at radius 2 is 1.89 bits per heavy atom. The first-order valence-corrected chi connectivity index (χ1v) is 5.52. The molecule has 0 aliphatic rings. The lowest BCUT2D eigenvalue weighted by atomic mass is 9.86. The third kappa shape index (κ3) is 7.16. The van der Waals surface area contributed by atoms with Crippen molar-refractivity contribution < 1.29 is 28.2 Å². The topological polar surface area (TPSA) is 75.6 Å². The Bertz CT molecular complexity index is 289. The first-order valence-electron chi connectivity index (χ1n) is 5.52. The van der Waals surface area contributed by atoms with Gasteiger partial charge < -0.3 is 15.2 Å². The fourth-order valence-electron chi connectivity index (χ4n) is 1.22. The Balaban J connectivity index is 4.09. The lowest BCUT2D eigenvalue weighted by Crippen LogP contribution is -2.49. The van der Waals surface area contributed by atoms with Crippen LogP contribution in [0.3, 0.4) is 0 Å². The fraction of sp³-hybridized carbons (Fsp3) is 0.818. The number of hydrogen-bond acceptors (Lipinski definition) is 3. The molecule has 0 saturated carbocycles. The van der Waals surface area contributed by atoms with Crippen molar-refractivity contribution in [2.45, 2.75) is 39.7 Å². The van der Waals surface area contributed by atoms with Crippen molar-refractivity contribution in [3.63, 3.8) is 0 Å². The van der Waals surface area contributed by atoms with Crippen molar-refractivity contribution in [1.29, 1.82) is 0 Å². The molecule has 0 aliphatic heterocycles. The van der Waals surface area contributed by atoms with E-state index in [1.807, 2.05) is 0 Å². The van der Waals surface area contributed by atoms with Crippen LogP contribution in [-0.2, 0) is 14.3 Å². The monoisotopic (exact) mass is 267 g/mol. The van der Waals surface area contributed by atoms with Crippen LogP contribution in [-0.4, -0.2) is 42.7 Å². The number of carboxylic acids is 1. The second-order valence-electron chi connectivity index (χ2n) is 4.92. The number of amides is 1. The summed E-state index contributed by atoms with van der Waals surface area (Å²) in [5, 5.41) is 11.3. The zero-order valence-electron chi connectivity index (χ0n) is 10.7. The molecule has 0 bridgehead atoms. The predicted molar refractivity (Wildman–Crippen MR) is 60.5 cm³/mol. The number of rotatable bonds is 7. The van der Waals surface area contributed by atoms with Gasteiger partial charge in [-0.1, -0.05) is 20.8 Å². The number of ether oxygens (including phenoxy) is 1. The molecule has 0 aromatic rings. The van der Waals surface area contributed by atoms with Crippen LogP contribution in [0.15, 0.2) is 0 Å². The highest BCUT2D eigenvalue weighted by atomic mass is 19.3. The van der Waals surface area contributed by atoms with Gasteiger partial charge in [0.05, 0.1) is 6.61 Å². The average molecular weight is 267 g/mol. The number of alkyl halides is 2. The molecular formula is C11H19F2NO4. The van der Waals surface area contributed by atoms with Crippen LogP contribution in [0.4, 0.5) is 8.78 Å². The van der Waals surface area contributed by atoms with Gasteiger partial charge in [-0.2, -0.15) is 0 Å². The van der Waals surface area contributed by atoms with E-state index in [-0.39, 0.29) is 13.0 Å². The van der Waals surface area contributed by atoms with E-state index in [9.17, 15) is 18.4 Å². The van der Waals surface area contributed by atoms with Crippen molar-refractivity contribution >= 4 is 11.9 Å². The highest BCUT2D eigenvalue weighted by molar-refractivity contribution is 5.84. The van der Waals surface area contributed by atoms with Crippen LogP contribution >= 0.6 is 0 Å². The van der Waals surface area contributed by atoms with Crippen molar-refractivity contribution in [2.75, 3.05) is 13.2 Å². The number of carbonyl (C=O) groups is 2. The van der Waals surface area contributed by atoms with Crippen molar-refractivity contribution in [3.05, 3.63) is 0 Å². The molecule has 5 nitrogen and oxygen atoms in total. The van der Waals surface area contributed by atoms with E-state index in [0.717, 1.165) is 0 Å². The molecule has 7 heteroatoms. The number of halogens is 2. The molecule has 0 heterocycles. The SMILES string of the molecule is CC(C)(C)C(NC(=O)CCOCC(F)F)C(=O)O. The standard InChI is InChI=1S/C11H19F2NO4/c1-11(2,3)9(10(16)17)14-8(15)4-5-18-6-7(12)13/h7,9H,4-6H2,1-3H3,(H,14,15)(H,16,17). The molecule has 0 aromatic carbocycles. The summed E-state index contributed by atoms with van der Waals surface area (Å²) in [6.45, 7) is 4.15. The molecule has 2 N–H and O–H groups in total. The summed E-state index contributed by atoms with van der Waals surface area (Å²) in [6, 6.07) is -1.03. The zero-order valence-corrected chi connectivity index (χ0v) is 10.7. The van der Waals surface area contributed by atoms with Crippen molar-refractivity contribution in [1.82, 2.24) is 5.32 Å². The minimum absolute atomic E-state index is 0.146. The maximum atomic E-state index is 11.7. The van der Waals surface area contributed by atoms with E-state index in [2.05, 4.69) is 10.1 Å². The van der Waals surface area contributed by atoms with Gasteiger partial charge in [-0.3, -0.25) is 4.79 Å². The van der Waals surface area contributed by atoms with Crippen LogP contribution < -0.4 is 5.32 Å². The normalized spacial score (nSPS) is 13.4. The van der Waals surface area contributed by atoms with E-state index < -0.39 is 36.4 Å². The first-order chi connectivity index (χ1) is 8.14. The molecule has 0 aliphatic carbocycles. The Hall–Kier alpha value is -1.24. The number of aliphatic carboxylic acids is 1. The Kier molecular flexibility index (Phi) is 6.75. The van der Waals surface area contributed by atoms with Gasteiger partial charge >= 0.3 is 5.97 Å². The van der Waals surface area contributed by atoms with Crippen LogP contribution in [0.1, 0.15) is 27.2 Å². The predicted octanol–water partition coefficient (Wildman–Crippen LogP) is 1.27. The average Bonchev–Trinajstić information content (AvgIpc) is 2.18. The quantitative estimate of drug-likeness (QED) is 0.681. The smallest absolute Gasteiger partial charge is 0.326 e. The Morgan fingerprint density at radius 3 is 2.28 bits per heavy atom. The van der Waals surface area contributed by atoms with Gasteiger partial charge in [0.1, 0.15) is 12.6 Å². The largest absolute Gasteiger partial charge is 0.480 e. The van der Waals surface area contributed by atoms with Gasteiger partial charge in [-0.05, 0) is 5.41 Å². The molecule has 0 saturated heterocycles. The van der Waals surface area contributed by atoms with Gasteiger partial charge in [0.15, 0.2) is 0 Å². The Morgan fingerprint density at radius 1 is 1.33 bits per heavy atom. The van der Waals surface area contributed by atoms with Crippen LogP contribution in [0.2, 0.25) is 0 Å². The third-order valence-corrected chi connectivity index (χ3v) is 2.14. The molecule has 0 aromatic heterocycles. The van der Waals surface area contributed by atoms with E-state index in [1.54, 1.807) is 20.8 Å². The summed E-state index contributed by atoms with van der Waals surface area (Å²) in [7, 11) is 0. The Labute approximate surface area is 105 Å². The maximum Gasteiger partial charge on any atom is 0.326 e. The van der Waals surface area contributed by atoms with Gasteiger partial charge in [-0.25, -0.2) is 13.6 Å². The van der Waals surface area contributed by atoms with E-state index >= 15 is 0 Å². The minimum Gasteiger partial charge on any atom is -0.480 e. The number of nitrogens with one attached hydrogen (secondary N) is 1. The molecule has 0 radical (unpaired) electrons. The second kappa shape index (κ2) is 7.25. The summed E-state index contributed by atoms with van der Waals surface area (Å²) < 4.78 is 28.0. The van der Waals surface area contributed by atoms with Crippen molar-refractivity contribution in [3.8, 4) is 0 Å². The minimum atomic E-state index is -2.57. The molecule has 106 valence electrons. The summed E-state index contributed by atoms with van der Waals surface area (Å²) >= 11 is 0. The molecule has 0 rings (SSSR count). The third-order valence-electron chi connectivity index (χ3n) is 2.14. The van der Waals surface area contributed by atoms with Crippen LogP contribution in [0.25, 0.3) is 0 Å². The molecule has 1 amide bonds. The van der Waals surface area contributed by atoms with Crippen molar-refractivity contribution in [2.24, 2.45) is 5.41 Å².